The van der Waals surface area contributed by atoms with Crippen LogP contribution in [0.4, 0.5) is 0 Å². The summed E-state index contributed by atoms with van der Waals surface area (Å²) < 4.78 is 5.63. The number of carbonyl (C=O) groups excluding carboxylic acids is 4. The Labute approximate surface area is 193 Å². The number of aliphatic hydroxyl groups is 2. The maximum atomic E-state index is 13.3. The Balaban J connectivity index is 1.87. The number of nitrogens with zero attached hydrogens (tertiary/aromatic N) is 1. The third kappa shape index (κ3) is 2.94. The number of ether oxygens (including phenoxy) is 1. The zero-order valence-electron chi connectivity index (χ0n) is 18.1. The Bertz CT molecular complexity index is 1160. The Hall–Kier alpha value is -2.95. The first-order valence-electron chi connectivity index (χ1n) is 10.2. The molecule has 11 heteroatoms. The van der Waals surface area contributed by atoms with Gasteiger partial charge in [0, 0.05) is 28.8 Å². The van der Waals surface area contributed by atoms with Crippen LogP contribution in [0.1, 0.15) is 35.7 Å². The number of esters is 1. The minimum absolute atomic E-state index is 0.0534. The van der Waals surface area contributed by atoms with Crippen molar-refractivity contribution in [1.29, 1.82) is 0 Å². The van der Waals surface area contributed by atoms with E-state index in [1.54, 1.807) is 6.92 Å². The van der Waals surface area contributed by atoms with Gasteiger partial charge in [-0.1, -0.05) is 11.6 Å². The van der Waals surface area contributed by atoms with Crippen LogP contribution in [0.25, 0.3) is 0 Å². The van der Waals surface area contributed by atoms with E-state index in [2.05, 4.69) is 0 Å². The number of primary amides is 1. The van der Waals surface area contributed by atoms with Crippen LogP contribution in [0.5, 0.6) is 5.75 Å². The fourth-order valence-electron chi connectivity index (χ4n) is 5.54. The number of cyclic esters (lactones) is 1. The lowest BCUT2D eigenvalue weighted by atomic mass is 9.58. The fraction of sp³-hybridized carbons (Fsp3) is 0.455. The van der Waals surface area contributed by atoms with Crippen molar-refractivity contribution in [3.63, 3.8) is 0 Å². The van der Waals surface area contributed by atoms with Gasteiger partial charge in [0.05, 0.1) is 6.04 Å². The number of rotatable bonds is 3. The highest BCUT2D eigenvalue weighted by Gasteiger charge is 2.64. The van der Waals surface area contributed by atoms with Gasteiger partial charge in [-0.2, -0.15) is 0 Å². The van der Waals surface area contributed by atoms with Crippen molar-refractivity contribution >= 4 is 35.0 Å². The zero-order chi connectivity index (χ0) is 24.6. The molecule has 33 heavy (non-hydrogen) atoms. The molecule has 1 amide bonds. The lowest BCUT2D eigenvalue weighted by Crippen LogP contribution is -2.65. The van der Waals surface area contributed by atoms with E-state index in [9.17, 15) is 34.5 Å². The number of hydrogen-bond donors (Lipinski definition) is 4. The quantitative estimate of drug-likeness (QED) is 0.358. The molecule has 176 valence electrons. The summed E-state index contributed by atoms with van der Waals surface area (Å²) in [4.78, 5) is 52.3. The van der Waals surface area contributed by atoms with Gasteiger partial charge in [0.25, 0.3) is 5.91 Å². The van der Waals surface area contributed by atoms with Crippen LogP contribution in [0.2, 0.25) is 5.02 Å². The maximum Gasteiger partial charge on any atom is 0.343 e. The van der Waals surface area contributed by atoms with E-state index in [1.165, 1.54) is 31.1 Å². The molecule has 4 rings (SSSR count). The van der Waals surface area contributed by atoms with Crippen molar-refractivity contribution in [2.75, 3.05) is 14.1 Å². The van der Waals surface area contributed by atoms with E-state index in [1.807, 2.05) is 0 Å². The number of halogens is 1. The lowest BCUT2D eigenvalue weighted by Gasteiger charge is -2.50. The van der Waals surface area contributed by atoms with Gasteiger partial charge in [0.2, 0.25) is 0 Å². The Morgan fingerprint density at radius 2 is 1.88 bits per heavy atom. The van der Waals surface area contributed by atoms with Crippen LogP contribution < -0.4 is 5.73 Å². The summed E-state index contributed by atoms with van der Waals surface area (Å²) >= 11 is 6.35. The van der Waals surface area contributed by atoms with E-state index < -0.39 is 63.9 Å². The van der Waals surface area contributed by atoms with E-state index >= 15 is 0 Å². The smallest absolute Gasteiger partial charge is 0.343 e. The lowest BCUT2D eigenvalue weighted by molar-refractivity contribution is -0.166. The van der Waals surface area contributed by atoms with Crippen molar-refractivity contribution < 1.29 is 39.2 Å². The molecule has 1 unspecified atom stereocenters. The van der Waals surface area contributed by atoms with Crippen molar-refractivity contribution in [2.45, 2.75) is 37.0 Å². The second kappa shape index (κ2) is 7.28. The van der Waals surface area contributed by atoms with Gasteiger partial charge in [0.15, 0.2) is 17.2 Å². The molecule has 0 aromatic heterocycles. The SMILES string of the molecule is CN(C)[C@@H]1C(=O)C(C(N)=O)=C(O)[C@@]2(O)C(=O)CC([C@]3(C)OC(=O)c4c(O)ccc(Cl)c43)C[C@@H]12. The molecule has 5 atom stereocenters. The van der Waals surface area contributed by atoms with Gasteiger partial charge in [-0.05, 0) is 39.6 Å². The van der Waals surface area contributed by atoms with E-state index in [0.29, 0.717) is 0 Å². The number of amides is 1. The number of Topliss-reactive ketones (excluding diaryl/α,β-unsaturated/α-hetero) is 2. The van der Waals surface area contributed by atoms with Gasteiger partial charge in [-0.15, -0.1) is 0 Å². The monoisotopic (exact) mass is 478 g/mol. The highest BCUT2D eigenvalue weighted by molar-refractivity contribution is 6.32. The van der Waals surface area contributed by atoms with Gasteiger partial charge < -0.3 is 25.8 Å². The van der Waals surface area contributed by atoms with Gasteiger partial charge in [-0.25, -0.2) is 4.79 Å². The van der Waals surface area contributed by atoms with Gasteiger partial charge in [-0.3, -0.25) is 19.3 Å². The molecule has 0 radical (unpaired) electrons. The Kier molecular flexibility index (Phi) is 5.12. The van der Waals surface area contributed by atoms with Crippen LogP contribution in [-0.4, -0.2) is 69.4 Å². The number of benzene rings is 1. The van der Waals surface area contributed by atoms with E-state index in [0.717, 1.165) is 0 Å². The zero-order valence-corrected chi connectivity index (χ0v) is 18.8. The van der Waals surface area contributed by atoms with E-state index in [-0.39, 0.29) is 34.7 Å². The number of likely N-dealkylation sites (N-methyl/N-ethyl adjacent to an activating group) is 1. The second-order valence-electron chi connectivity index (χ2n) is 9.11. The van der Waals surface area contributed by atoms with Gasteiger partial charge >= 0.3 is 5.97 Å². The number of phenols is 1. The summed E-state index contributed by atoms with van der Waals surface area (Å²) in [6.07, 6.45) is -0.422. The number of carbonyl (C=O) groups is 4. The van der Waals surface area contributed by atoms with Crippen molar-refractivity contribution in [3.05, 3.63) is 39.6 Å². The van der Waals surface area contributed by atoms with Crippen LogP contribution >= 0.6 is 11.6 Å². The summed E-state index contributed by atoms with van der Waals surface area (Å²) in [5.74, 6) is -7.08. The third-order valence-corrected chi connectivity index (χ3v) is 7.46. The first-order chi connectivity index (χ1) is 15.3. The molecule has 10 nitrogen and oxygen atoms in total. The molecule has 5 N–H and O–H groups in total. The molecule has 3 aliphatic rings. The first kappa shape index (κ1) is 23.2. The normalized spacial score (nSPS) is 33.8. The van der Waals surface area contributed by atoms with Crippen LogP contribution in [-0.2, 0) is 24.7 Å². The molecule has 2 aliphatic carbocycles. The number of aromatic hydroxyl groups is 1. The molecule has 1 aromatic carbocycles. The van der Waals surface area contributed by atoms with E-state index in [4.69, 9.17) is 22.1 Å². The summed E-state index contributed by atoms with van der Waals surface area (Å²) in [6, 6.07) is 1.49. The summed E-state index contributed by atoms with van der Waals surface area (Å²) in [7, 11) is 3.05. The molecule has 0 saturated heterocycles. The second-order valence-corrected chi connectivity index (χ2v) is 9.51. The van der Waals surface area contributed by atoms with Crippen molar-refractivity contribution in [1.82, 2.24) is 4.90 Å². The standard InChI is InChI=1S/C22H23ClN2O8/c1-21(15-10(23)4-5-11(26)13(15)20(31)33-21)8-6-9-16(25(2)3)17(28)14(19(24)30)18(29)22(9,32)12(27)7-8/h4-5,8-9,16,26,29,32H,6-7H2,1-3H3,(H2,24,30)/t8?,9-,16-,21-,22-/m0/s1. The van der Waals surface area contributed by atoms with Crippen LogP contribution in [0.3, 0.4) is 0 Å². The molecule has 1 heterocycles. The molecule has 1 aromatic rings. The van der Waals surface area contributed by atoms with Crippen LogP contribution in [0.15, 0.2) is 23.5 Å². The molecule has 1 saturated carbocycles. The molecular formula is C22H23ClN2O8. The number of ketones is 2. The molecular weight excluding hydrogens is 456 g/mol. The number of nitrogens with two attached hydrogens (primary N) is 1. The minimum Gasteiger partial charge on any atom is -0.508 e. The van der Waals surface area contributed by atoms with Gasteiger partial charge in [0.1, 0.15) is 28.2 Å². The predicted molar refractivity (Wildman–Crippen MR) is 113 cm³/mol. The molecule has 0 bridgehead atoms. The van der Waals surface area contributed by atoms with Crippen molar-refractivity contribution in [3.8, 4) is 5.75 Å². The Morgan fingerprint density at radius 1 is 1.24 bits per heavy atom. The maximum absolute atomic E-state index is 13.3. The number of aliphatic hydroxyl groups excluding tert-OH is 1. The predicted octanol–water partition coefficient (Wildman–Crippen LogP) is 0.568. The minimum atomic E-state index is -2.52. The summed E-state index contributed by atoms with van der Waals surface area (Å²) in [5.41, 5.74) is 0.581. The third-order valence-electron chi connectivity index (χ3n) is 7.15. The summed E-state index contributed by atoms with van der Waals surface area (Å²) in [5, 5.41) is 32.4. The number of phenolic OH excluding ortho intramolecular Hbond substituents is 1. The average Bonchev–Trinajstić information content (AvgIpc) is 2.99. The topological polar surface area (TPSA) is 167 Å². The molecule has 1 fully saturated rings. The fourth-order valence-corrected chi connectivity index (χ4v) is 5.89. The highest BCUT2D eigenvalue weighted by Crippen LogP contribution is 2.55. The molecule has 0 spiro atoms. The Morgan fingerprint density at radius 3 is 2.45 bits per heavy atom. The first-order valence-corrected chi connectivity index (χ1v) is 10.6. The highest BCUT2D eigenvalue weighted by atomic mass is 35.5. The number of hydrogen-bond acceptors (Lipinski definition) is 9. The largest absolute Gasteiger partial charge is 0.508 e. The van der Waals surface area contributed by atoms with Crippen LogP contribution in [0, 0.1) is 11.8 Å². The molecule has 1 aliphatic heterocycles. The average molecular weight is 479 g/mol. The number of fused-ring (bicyclic) bond motifs is 2. The van der Waals surface area contributed by atoms with Crippen molar-refractivity contribution in [2.24, 2.45) is 17.6 Å². The summed E-state index contributed by atoms with van der Waals surface area (Å²) in [6.45, 7) is 1.55.